The second kappa shape index (κ2) is 26.9. The average molecular weight is 341 g/mol. The van der Waals surface area contributed by atoms with Crippen molar-refractivity contribution in [2.45, 2.75) is 146 Å². The maximum Gasteiger partial charge on any atom is -0.0323 e. The zero-order chi connectivity index (χ0) is 11.9. The van der Waals surface area contributed by atoms with E-state index in [9.17, 15) is 0 Å². The van der Waals surface area contributed by atoms with Gasteiger partial charge in [-0.15, -0.1) is 0 Å². The van der Waals surface area contributed by atoms with Crippen LogP contribution in [0.4, 0.5) is 0 Å². The highest BCUT2D eigenvalue weighted by molar-refractivity contribution is 4.83. The van der Waals surface area contributed by atoms with Crippen molar-refractivity contribution in [3.63, 3.8) is 0 Å². The molecule has 0 heterocycles. The first-order valence-corrected chi connectivity index (χ1v) is 6.95. The summed E-state index contributed by atoms with van der Waals surface area (Å²) < 4.78 is 0. The lowest BCUT2D eigenvalue weighted by atomic mass is 9.67. The van der Waals surface area contributed by atoms with Crippen LogP contribution in [0.1, 0.15) is 146 Å². The summed E-state index contributed by atoms with van der Waals surface area (Å²) >= 11 is 0. The summed E-state index contributed by atoms with van der Waals surface area (Å²) in [5, 5.41) is 0. The van der Waals surface area contributed by atoms with Gasteiger partial charge >= 0.3 is 0 Å². The zero-order valence-corrected chi connectivity index (χ0v) is 11.9. The van der Waals surface area contributed by atoms with Gasteiger partial charge in [-0.05, 0) is 30.1 Å². The molecule has 0 nitrogen and oxygen atoms in total. The van der Waals surface area contributed by atoms with Crippen molar-refractivity contribution in [1.82, 2.24) is 0 Å². The summed E-state index contributed by atoms with van der Waals surface area (Å²) in [6.45, 7) is 14.3. The Morgan fingerprint density at radius 1 is 0.478 bits per heavy atom. The molecule has 0 radical (unpaired) electrons. The number of hydrogen-bond acceptors (Lipinski definition) is 0. The molecule has 0 aliphatic carbocycles. The third kappa shape index (κ3) is 22.0. The first-order valence-electron chi connectivity index (χ1n) is 6.95. The predicted octanol–water partition coefficient (Wildman–Crippen LogP) is 10.9. The van der Waals surface area contributed by atoms with Gasteiger partial charge in [0.1, 0.15) is 0 Å². The third-order valence-electron chi connectivity index (χ3n) is 4.27. The van der Waals surface area contributed by atoms with Gasteiger partial charge in [-0.25, -0.2) is 0 Å². The van der Waals surface area contributed by atoms with Crippen LogP contribution in [-0.4, -0.2) is 0 Å². The fourth-order valence-electron chi connectivity index (χ4n) is 3.02. The molecule has 0 N–H and O–H groups in total. The van der Waals surface area contributed by atoms with Crippen LogP contribution in [0.15, 0.2) is 0 Å². The van der Waals surface area contributed by atoms with Crippen LogP contribution in [0, 0.1) is 10.8 Å². The highest BCUT2D eigenvalue weighted by Crippen LogP contribution is 2.44. The van der Waals surface area contributed by atoms with E-state index in [-0.39, 0.29) is 59.4 Å². The lowest BCUT2D eigenvalue weighted by Crippen LogP contribution is -2.27. The average Bonchev–Trinajstić information content (AvgIpc) is 2.18. The van der Waals surface area contributed by atoms with Crippen molar-refractivity contribution < 1.29 is 0 Å². The normalized spacial score (nSPS) is 12.8. The number of rotatable bonds is 8. The maximum atomic E-state index is 2.49. The molecule has 0 aliphatic heterocycles. The van der Waals surface area contributed by atoms with Crippen molar-refractivity contribution in [3.05, 3.63) is 0 Å². The molecule has 156 valence electrons. The Bertz CT molecular complexity index is 143. The fourth-order valence-corrected chi connectivity index (χ4v) is 3.02. The quantitative estimate of drug-likeness (QED) is 0.412. The van der Waals surface area contributed by atoms with Gasteiger partial charge in [0, 0.05) is 0 Å². The molecule has 0 amide bonds. The Balaban J connectivity index is -0.0000000350. The van der Waals surface area contributed by atoms with Crippen molar-refractivity contribution >= 4 is 0 Å². The van der Waals surface area contributed by atoms with Gasteiger partial charge < -0.3 is 0 Å². The van der Waals surface area contributed by atoms with E-state index in [0.717, 1.165) is 0 Å². The molecular weight excluding hydrogens is 276 g/mol. The summed E-state index contributed by atoms with van der Waals surface area (Å²) in [5.41, 5.74) is 1.16. The molecule has 0 aromatic heterocycles. The van der Waals surface area contributed by atoms with Crippen LogP contribution in [0.3, 0.4) is 0 Å². The van der Waals surface area contributed by atoms with Crippen molar-refractivity contribution in [1.29, 1.82) is 0 Å². The molecule has 23 heavy (non-hydrogen) atoms. The largest absolute Gasteiger partial charge is 0.0776 e. The van der Waals surface area contributed by atoms with E-state index in [1.54, 1.807) is 0 Å². The van der Waals surface area contributed by atoms with Crippen LogP contribution in [0.2, 0.25) is 0 Å². The van der Waals surface area contributed by atoms with Crippen LogP contribution >= 0.6 is 0 Å². The Morgan fingerprint density at radius 2 is 0.696 bits per heavy atom. The van der Waals surface area contributed by atoms with Crippen molar-refractivity contribution in [3.8, 4) is 0 Å². The SMILES string of the molecule is C.C.C.C.C.C.C.C.CCCC(C)(CC)CC(C)(CC)CCC. The van der Waals surface area contributed by atoms with E-state index < -0.39 is 0 Å². The highest BCUT2D eigenvalue weighted by Gasteiger charge is 2.31. The minimum atomic E-state index is 0. The van der Waals surface area contributed by atoms with Gasteiger partial charge in [0.05, 0.1) is 0 Å². The fraction of sp³-hybridized carbons (Fsp3) is 1.00. The minimum Gasteiger partial charge on any atom is -0.0776 e. The van der Waals surface area contributed by atoms with Crippen molar-refractivity contribution in [2.75, 3.05) is 0 Å². The van der Waals surface area contributed by atoms with Crippen LogP contribution in [0.25, 0.3) is 0 Å². The standard InChI is InChI=1S/C15H32.8CH4/c1-7-11-14(5,9-3)13-15(6,10-4)12-8-2;;;;;;;;/h7-13H2,1-6H3;8*1H4. The second-order valence-electron chi connectivity index (χ2n) is 6.01. The molecule has 0 saturated carbocycles. The van der Waals surface area contributed by atoms with Crippen LogP contribution in [0.5, 0.6) is 0 Å². The Kier molecular flexibility index (Phi) is 66.4. The molecule has 0 rings (SSSR count). The number of hydrogen-bond donors (Lipinski definition) is 0. The topological polar surface area (TPSA) is 0 Å². The smallest absolute Gasteiger partial charge is 0.0323 e. The summed E-state index contributed by atoms with van der Waals surface area (Å²) in [6, 6.07) is 0. The molecular formula is C23H64. The molecule has 0 bridgehead atoms. The lowest BCUT2D eigenvalue weighted by molar-refractivity contribution is 0.127. The molecule has 2 atom stereocenters. The Hall–Kier alpha value is 0. The third-order valence-corrected chi connectivity index (χ3v) is 4.27. The second-order valence-corrected chi connectivity index (χ2v) is 6.01. The maximum absolute atomic E-state index is 2.49. The van der Waals surface area contributed by atoms with Gasteiger partial charge in [-0.1, -0.05) is 127 Å². The van der Waals surface area contributed by atoms with Gasteiger partial charge in [-0.2, -0.15) is 0 Å². The summed E-state index contributed by atoms with van der Waals surface area (Å²) in [6.07, 6.45) is 9.52. The molecule has 0 heteroatoms. The Morgan fingerprint density at radius 3 is 0.826 bits per heavy atom. The minimum absolute atomic E-state index is 0. The van der Waals surface area contributed by atoms with E-state index in [1.807, 2.05) is 0 Å². The predicted molar refractivity (Wildman–Crippen MR) is 125 cm³/mol. The lowest BCUT2D eigenvalue weighted by Gasteiger charge is -2.39. The first kappa shape index (κ1) is 56.8. The van der Waals surface area contributed by atoms with Gasteiger partial charge in [-0.3, -0.25) is 0 Å². The van der Waals surface area contributed by atoms with Gasteiger partial charge in [0.2, 0.25) is 0 Å². The van der Waals surface area contributed by atoms with E-state index in [2.05, 4.69) is 41.5 Å². The van der Waals surface area contributed by atoms with Crippen LogP contribution < -0.4 is 0 Å². The van der Waals surface area contributed by atoms with E-state index in [1.165, 1.54) is 44.9 Å². The molecule has 0 fully saturated rings. The molecule has 2 unspecified atom stereocenters. The first-order chi connectivity index (χ1) is 6.95. The Labute approximate surface area is 157 Å². The molecule has 0 spiro atoms. The molecule has 0 aromatic carbocycles. The van der Waals surface area contributed by atoms with Crippen molar-refractivity contribution in [2.24, 2.45) is 10.8 Å². The van der Waals surface area contributed by atoms with E-state index in [4.69, 9.17) is 0 Å². The summed E-state index contributed by atoms with van der Waals surface area (Å²) in [5.74, 6) is 0. The van der Waals surface area contributed by atoms with Gasteiger partial charge in [0.15, 0.2) is 0 Å². The van der Waals surface area contributed by atoms with E-state index in [0.29, 0.717) is 10.8 Å². The monoisotopic (exact) mass is 341 g/mol. The molecule has 0 saturated heterocycles. The molecule has 0 aliphatic rings. The summed E-state index contributed by atoms with van der Waals surface area (Å²) in [4.78, 5) is 0. The van der Waals surface area contributed by atoms with Crippen LogP contribution in [-0.2, 0) is 0 Å². The van der Waals surface area contributed by atoms with E-state index >= 15 is 0 Å². The van der Waals surface area contributed by atoms with Gasteiger partial charge in [0.25, 0.3) is 0 Å². The highest BCUT2D eigenvalue weighted by atomic mass is 14.4. The summed E-state index contributed by atoms with van der Waals surface area (Å²) in [7, 11) is 0. The molecule has 0 aromatic rings. The zero-order valence-electron chi connectivity index (χ0n) is 11.9.